The van der Waals surface area contributed by atoms with E-state index in [2.05, 4.69) is 18.7 Å². The molecule has 0 amide bonds. The van der Waals surface area contributed by atoms with Gasteiger partial charge in [0.15, 0.2) is 6.29 Å². The van der Waals surface area contributed by atoms with Crippen molar-refractivity contribution in [1.82, 2.24) is 0 Å². The molecule has 0 bridgehead atoms. The van der Waals surface area contributed by atoms with Crippen molar-refractivity contribution < 1.29 is 4.79 Å². The number of fused-ring (bicyclic) bond motifs is 1. The first-order valence-corrected chi connectivity index (χ1v) is 6.50. The highest BCUT2D eigenvalue weighted by Gasteiger charge is 2.07. The van der Waals surface area contributed by atoms with Crippen LogP contribution in [0.15, 0.2) is 27.3 Å². The number of benzene rings is 1. The average Bonchev–Trinajstić information content (AvgIpc) is 2.62. The predicted octanol–water partition coefficient (Wildman–Crippen LogP) is 3.72. The summed E-state index contributed by atoms with van der Waals surface area (Å²) in [6.45, 7) is 0. The van der Waals surface area contributed by atoms with Gasteiger partial charge in [0.1, 0.15) is 0 Å². The Morgan fingerprint density at radius 3 is 2.93 bits per heavy atom. The first-order valence-electron chi connectivity index (χ1n) is 4.01. The topological polar surface area (TPSA) is 17.1 Å². The Morgan fingerprint density at radius 1 is 1.50 bits per heavy atom. The first kappa shape index (κ1) is 10.1. The van der Waals surface area contributed by atoms with E-state index in [1.807, 2.05) is 18.4 Å². The van der Waals surface area contributed by atoms with Gasteiger partial charge in [-0.05, 0) is 24.5 Å². The van der Waals surface area contributed by atoms with Crippen molar-refractivity contribution >= 4 is 52.1 Å². The van der Waals surface area contributed by atoms with E-state index >= 15 is 0 Å². The molecular weight excluding hydrogens is 232 g/mol. The lowest BCUT2D eigenvalue weighted by Gasteiger charge is -1.97. The molecule has 72 valence electrons. The molecule has 2 aromatic rings. The van der Waals surface area contributed by atoms with Crippen LogP contribution in [-0.4, -0.2) is 12.5 Å². The molecule has 1 aromatic carbocycles. The Balaban J connectivity index is 2.74. The van der Waals surface area contributed by atoms with Gasteiger partial charge in [0.05, 0.1) is 4.21 Å². The second-order valence-corrected chi connectivity index (χ2v) is 5.44. The molecule has 0 aliphatic rings. The summed E-state index contributed by atoms with van der Waals surface area (Å²) < 4.78 is 2.43. The first-order chi connectivity index (χ1) is 6.76. The zero-order valence-electron chi connectivity index (χ0n) is 7.48. The van der Waals surface area contributed by atoms with Crippen LogP contribution in [0, 0.1) is 0 Å². The van der Waals surface area contributed by atoms with E-state index in [1.54, 1.807) is 23.1 Å². The van der Waals surface area contributed by atoms with Gasteiger partial charge in [-0.1, -0.05) is 0 Å². The number of hydrogen-bond donors (Lipinski definition) is 1. The summed E-state index contributed by atoms with van der Waals surface area (Å²) in [5.74, 6) is 0. The maximum Gasteiger partial charge on any atom is 0.151 e. The average molecular weight is 240 g/mol. The van der Waals surface area contributed by atoms with Gasteiger partial charge in [-0.3, -0.25) is 4.79 Å². The van der Waals surface area contributed by atoms with E-state index in [0.717, 1.165) is 16.6 Å². The smallest absolute Gasteiger partial charge is 0.151 e. The largest absolute Gasteiger partial charge is 0.298 e. The lowest BCUT2D eigenvalue weighted by Crippen LogP contribution is -1.81. The number of thiol groups is 1. The highest BCUT2D eigenvalue weighted by molar-refractivity contribution is 8.00. The molecule has 0 saturated heterocycles. The normalized spacial score (nSPS) is 10.7. The molecule has 0 atom stereocenters. The SMILES string of the molecule is CSc1cc2c(S)c(C=O)ccc2s1. The van der Waals surface area contributed by atoms with Crippen LogP contribution in [0.5, 0.6) is 0 Å². The molecule has 4 heteroatoms. The minimum Gasteiger partial charge on any atom is -0.298 e. The fourth-order valence-electron chi connectivity index (χ4n) is 1.29. The molecular formula is C10H8OS3. The molecule has 1 heterocycles. The van der Waals surface area contributed by atoms with Crippen molar-refractivity contribution in [2.75, 3.05) is 6.26 Å². The van der Waals surface area contributed by atoms with Crippen molar-refractivity contribution in [3.63, 3.8) is 0 Å². The molecule has 0 spiro atoms. The third-order valence-corrected chi connectivity index (χ3v) is 4.67. The monoisotopic (exact) mass is 240 g/mol. The van der Waals surface area contributed by atoms with E-state index < -0.39 is 0 Å². The van der Waals surface area contributed by atoms with E-state index in [0.29, 0.717) is 5.56 Å². The zero-order valence-corrected chi connectivity index (χ0v) is 10.0. The van der Waals surface area contributed by atoms with Crippen LogP contribution in [-0.2, 0) is 0 Å². The number of aldehydes is 1. The van der Waals surface area contributed by atoms with Gasteiger partial charge in [-0.25, -0.2) is 0 Å². The van der Waals surface area contributed by atoms with Gasteiger partial charge in [0.25, 0.3) is 0 Å². The Kier molecular flexibility index (Phi) is 2.85. The summed E-state index contributed by atoms with van der Waals surface area (Å²) >= 11 is 7.80. The predicted molar refractivity (Wildman–Crippen MR) is 66.2 cm³/mol. The summed E-state index contributed by atoms with van der Waals surface area (Å²) in [4.78, 5) is 11.5. The molecule has 0 radical (unpaired) electrons. The second-order valence-electron chi connectivity index (χ2n) is 2.80. The van der Waals surface area contributed by atoms with Crippen LogP contribution < -0.4 is 0 Å². The van der Waals surface area contributed by atoms with Gasteiger partial charge >= 0.3 is 0 Å². The highest BCUT2D eigenvalue weighted by Crippen LogP contribution is 2.35. The highest BCUT2D eigenvalue weighted by atomic mass is 32.2. The Labute approximate surface area is 95.9 Å². The fourth-order valence-corrected chi connectivity index (χ4v) is 3.31. The zero-order chi connectivity index (χ0) is 10.1. The number of thiophene rings is 1. The summed E-state index contributed by atoms with van der Waals surface area (Å²) in [7, 11) is 0. The maximum atomic E-state index is 10.7. The molecule has 14 heavy (non-hydrogen) atoms. The lowest BCUT2D eigenvalue weighted by molar-refractivity contribution is 0.112. The van der Waals surface area contributed by atoms with Crippen LogP contribution in [0.3, 0.4) is 0 Å². The third-order valence-electron chi connectivity index (χ3n) is 2.01. The summed E-state index contributed by atoms with van der Waals surface area (Å²) in [5.41, 5.74) is 0.659. The van der Waals surface area contributed by atoms with Crippen molar-refractivity contribution in [2.45, 2.75) is 9.10 Å². The Morgan fingerprint density at radius 2 is 2.29 bits per heavy atom. The standard InChI is InChI=1S/C10H8OS3/c1-13-9-4-7-8(14-9)3-2-6(5-11)10(7)12/h2-5,12H,1H3. The molecule has 1 nitrogen and oxygen atoms in total. The molecule has 0 N–H and O–H groups in total. The number of rotatable bonds is 2. The van der Waals surface area contributed by atoms with E-state index in [1.165, 1.54) is 8.91 Å². The van der Waals surface area contributed by atoms with Gasteiger partial charge < -0.3 is 0 Å². The van der Waals surface area contributed by atoms with Gasteiger partial charge in [-0.2, -0.15) is 0 Å². The molecule has 0 aliphatic carbocycles. The maximum absolute atomic E-state index is 10.7. The minimum atomic E-state index is 0.659. The Hall–Kier alpha value is -0.450. The molecule has 1 aromatic heterocycles. The van der Waals surface area contributed by atoms with Gasteiger partial charge in [-0.15, -0.1) is 35.7 Å². The Bertz CT molecular complexity index is 487. The second kappa shape index (κ2) is 3.96. The molecule has 0 aliphatic heterocycles. The quantitative estimate of drug-likeness (QED) is 0.489. The molecule has 0 saturated carbocycles. The summed E-state index contributed by atoms with van der Waals surface area (Å²) in [6, 6.07) is 5.88. The van der Waals surface area contributed by atoms with Crippen molar-refractivity contribution in [2.24, 2.45) is 0 Å². The fraction of sp³-hybridized carbons (Fsp3) is 0.100. The van der Waals surface area contributed by atoms with Crippen LogP contribution in [0.25, 0.3) is 10.1 Å². The summed E-state index contributed by atoms with van der Waals surface area (Å²) in [5, 5.41) is 1.08. The number of carbonyl (C=O) groups excluding carboxylic acids is 1. The van der Waals surface area contributed by atoms with Crippen LogP contribution in [0.2, 0.25) is 0 Å². The van der Waals surface area contributed by atoms with Crippen molar-refractivity contribution in [3.05, 3.63) is 23.8 Å². The minimum absolute atomic E-state index is 0.659. The van der Waals surface area contributed by atoms with Crippen molar-refractivity contribution in [1.29, 1.82) is 0 Å². The van der Waals surface area contributed by atoms with E-state index in [4.69, 9.17) is 0 Å². The lowest BCUT2D eigenvalue weighted by atomic mass is 10.2. The molecule has 0 unspecified atom stereocenters. The van der Waals surface area contributed by atoms with Crippen LogP contribution in [0.1, 0.15) is 10.4 Å². The van der Waals surface area contributed by atoms with Crippen molar-refractivity contribution in [3.8, 4) is 0 Å². The van der Waals surface area contributed by atoms with Crippen LogP contribution >= 0.6 is 35.7 Å². The van der Waals surface area contributed by atoms with E-state index in [9.17, 15) is 4.79 Å². The number of thioether (sulfide) groups is 1. The van der Waals surface area contributed by atoms with E-state index in [-0.39, 0.29) is 0 Å². The van der Waals surface area contributed by atoms with Crippen LogP contribution in [0.4, 0.5) is 0 Å². The number of carbonyl (C=O) groups is 1. The van der Waals surface area contributed by atoms with Gasteiger partial charge in [0.2, 0.25) is 0 Å². The van der Waals surface area contributed by atoms with Gasteiger partial charge in [0, 0.05) is 20.5 Å². The summed E-state index contributed by atoms with van der Waals surface area (Å²) in [6.07, 6.45) is 2.89. The number of hydrogen-bond acceptors (Lipinski definition) is 4. The molecule has 2 rings (SSSR count). The third kappa shape index (κ3) is 1.58. The molecule has 0 fully saturated rings.